The highest BCUT2D eigenvalue weighted by Gasteiger charge is 2.35. The number of hydrogen-bond acceptors (Lipinski definition) is 4. The summed E-state index contributed by atoms with van der Waals surface area (Å²) < 4.78 is 27.9. The van der Waals surface area contributed by atoms with Gasteiger partial charge in [-0.3, -0.25) is 9.78 Å². The van der Waals surface area contributed by atoms with Gasteiger partial charge in [-0.1, -0.05) is 70.4 Å². The maximum atomic E-state index is 14.0. The second kappa shape index (κ2) is 13.0. The van der Waals surface area contributed by atoms with Crippen LogP contribution in [0.3, 0.4) is 0 Å². The predicted octanol–water partition coefficient (Wildman–Crippen LogP) is 5.74. The molecule has 1 heterocycles. The van der Waals surface area contributed by atoms with Gasteiger partial charge >= 0.3 is 0 Å². The number of pyridine rings is 1. The molecule has 0 radical (unpaired) electrons. The van der Waals surface area contributed by atoms with E-state index in [9.17, 15) is 18.7 Å². The van der Waals surface area contributed by atoms with Gasteiger partial charge in [-0.05, 0) is 65.1 Å². The van der Waals surface area contributed by atoms with Crippen molar-refractivity contribution in [2.75, 3.05) is 6.54 Å². The van der Waals surface area contributed by atoms with E-state index in [1.807, 2.05) is 0 Å². The Morgan fingerprint density at radius 1 is 1.00 bits per heavy atom. The molecule has 1 aromatic heterocycles. The average molecular weight is 550 g/mol. The summed E-state index contributed by atoms with van der Waals surface area (Å²) in [6, 6.07) is 14.8. The molecule has 1 aliphatic carbocycles. The van der Waals surface area contributed by atoms with Crippen LogP contribution in [-0.2, 0) is 28.6 Å². The molecule has 7 heteroatoms. The molecule has 0 spiro atoms. The van der Waals surface area contributed by atoms with Crippen LogP contribution in [0, 0.1) is 11.6 Å². The summed E-state index contributed by atoms with van der Waals surface area (Å²) >= 11 is 0. The third kappa shape index (κ3) is 7.95. The molecule has 4 rings (SSSR count). The Balaban J connectivity index is 1.54. The zero-order chi connectivity index (χ0) is 28.8. The van der Waals surface area contributed by atoms with Gasteiger partial charge in [-0.25, -0.2) is 8.78 Å². The van der Waals surface area contributed by atoms with Crippen LogP contribution in [0.4, 0.5) is 8.78 Å². The van der Waals surface area contributed by atoms with Crippen molar-refractivity contribution in [3.63, 3.8) is 0 Å². The minimum atomic E-state index is -0.992. The number of aliphatic hydroxyl groups is 1. The summed E-state index contributed by atoms with van der Waals surface area (Å²) in [7, 11) is 0. The Hall–Kier alpha value is -3.16. The maximum Gasteiger partial charge on any atom is 0.224 e. The molecule has 0 aliphatic heterocycles. The first-order valence-corrected chi connectivity index (χ1v) is 14.2. The monoisotopic (exact) mass is 549 g/mol. The minimum absolute atomic E-state index is 0.00919. The fraction of sp³-hybridized carbons (Fsp3) is 0.455. The molecule has 1 saturated carbocycles. The number of aliphatic hydroxyl groups excluding tert-OH is 1. The second-order valence-corrected chi connectivity index (χ2v) is 12.1. The number of carbonyl (C=O) groups is 1. The molecule has 1 aliphatic rings. The molecular formula is C33H41F2N3O2. The van der Waals surface area contributed by atoms with Crippen molar-refractivity contribution in [3.8, 4) is 0 Å². The lowest BCUT2D eigenvalue weighted by Crippen LogP contribution is -2.53. The van der Waals surface area contributed by atoms with E-state index in [0.29, 0.717) is 5.56 Å². The number of hydrogen-bond donors (Lipinski definition) is 3. The zero-order valence-electron chi connectivity index (χ0n) is 23.7. The average Bonchev–Trinajstić information content (AvgIpc) is 2.91. The first-order chi connectivity index (χ1) is 19.0. The SMILES string of the molecule is CC(C)(C)c1cccc(C2(NCC(O)C(Cc3cc(F)cc(F)c3)NC(=O)Cc3cccnc3)CCCCC2)c1. The Labute approximate surface area is 236 Å². The van der Waals surface area contributed by atoms with Gasteiger partial charge < -0.3 is 15.7 Å². The van der Waals surface area contributed by atoms with Gasteiger partial charge in [0, 0.05) is 30.5 Å². The van der Waals surface area contributed by atoms with E-state index >= 15 is 0 Å². The summed E-state index contributed by atoms with van der Waals surface area (Å²) in [6.07, 6.45) is 7.66. The van der Waals surface area contributed by atoms with Crippen LogP contribution >= 0.6 is 0 Å². The molecule has 214 valence electrons. The summed E-state index contributed by atoms with van der Waals surface area (Å²) in [4.78, 5) is 17.0. The fourth-order valence-corrected chi connectivity index (χ4v) is 5.66. The van der Waals surface area contributed by atoms with Crippen molar-refractivity contribution in [2.45, 2.75) is 88.8 Å². The highest BCUT2D eigenvalue weighted by molar-refractivity contribution is 5.78. The van der Waals surface area contributed by atoms with E-state index in [1.54, 1.807) is 24.5 Å². The van der Waals surface area contributed by atoms with E-state index in [2.05, 4.69) is 60.7 Å². The number of halogens is 2. The normalized spacial score (nSPS) is 16.8. The largest absolute Gasteiger partial charge is 0.390 e. The molecule has 40 heavy (non-hydrogen) atoms. The Morgan fingerprint density at radius 3 is 2.38 bits per heavy atom. The lowest BCUT2D eigenvalue weighted by Gasteiger charge is -2.41. The highest BCUT2D eigenvalue weighted by atomic mass is 19.1. The van der Waals surface area contributed by atoms with Gasteiger partial charge in [-0.15, -0.1) is 0 Å². The van der Waals surface area contributed by atoms with E-state index in [-0.39, 0.29) is 36.2 Å². The van der Waals surface area contributed by atoms with Crippen LogP contribution in [0.1, 0.15) is 75.1 Å². The van der Waals surface area contributed by atoms with Crippen molar-refractivity contribution >= 4 is 5.91 Å². The molecular weight excluding hydrogens is 508 g/mol. The Kier molecular flexibility index (Phi) is 9.69. The van der Waals surface area contributed by atoms with Crippen LogP contribution in [0.25, 0.3) is 0 Å². The van der Waals surface area contributed by atoms with Gasteiger partial charge in [-0.2, -0.15) is 0 Å². The van der Waals surface area contributed by atoms with E-state index in [0.717, 1.165) is 37.3 Å². The third-order valence-electron chi connectivity index (χ3n) is 7.91. The van der Waals surface area contributed by atoms with Crippen molar-refractivity contribution < 1.29 is 18.7 Å². The van der Waals surface area contributed by atoms with Crippen molar-refractivity contribution in [1.82, 2.24) is 15.6 Å². The molecule has 2 atom stereocenters. The Bertz CT molecular complexity index is 1250. The topological polar surface area (TPSA) is 74.2 Å². The summed E-state index contributed by atoms with van der Waals surface area (Å²) in [5, 5.41) is 18.0. The number of rotatable bonds is 10. The Morgan fingerprint density at radius 2 is 1.73 bits per heavy atom. The maximum absolute atomic E-state index is 14.0. The number of nitrogens with zero attached hydrogens (tertiary/aromatic N) is 1. The van der Waals surface area contributed by atoms with Gasteiger partial charge in [0.25, 0.3) is 0 Å². The summed E-state index contributed by atoms with van der Waals surface area (Å²) in [5.74, 6) is -1.68. The summed E-state index contributed by atoms with van der Waals surface area (Å²) in [5.41, 5.74) is 3.28. The number of amides is 1. The standard InChI is InChI=1S/C33H41F2N3O2/c1-32(2,3)25-10-7-11-26(19-25)33(12-5-4-6-13-33)37-22-30(39)29(17-24-15-27(34)20-28(35)16-24)38-31(40)18-23-9-8-14-36-21-23/h7-11,14-16,19-21,29-30,37,39H,4-6,12-13,17-18,22H2,1-3H3,(H,38,40). The minimum Gasteiger partial charge on any atom is -0.390 e. The molecule has 0 saturated heterocycles. The molecule has 3 aromatic rings. The van der Waals surface area contributed by atoms with E-state index in [1.165, 1.54) is 29.7 Å². The van der Waals surface area contributed by atoms with Crippen LogP contribution in [0.15, 0.2) is 67.0 Å². The van der Waals surface area contributed by atoms with Gasteiger partial charge in [0.15, 0.2) is 0 Å². The lowest BCUT2D eigenvalue weighted by atomic mass is 9.74. The molecule has 2 aromatic carbocycles. The van der Waals surface area contributed by atoms with Crippen LogP contribution in [-0.4, -0.2) is 34.7 Å². The summed E-state index contributed by atoms with van der Waals surface area (Å²) in [6.45, 7) is 6.82. The van der Waals surface area contributed by atoms with Crippen molar-refractivity contribution in [1.29, 1.82) is 0 Å². The van der Waals surface area contributed by atoms with Crippen LogP contribution < -0.4 is 10.6 Å². The van der Waals surface area contributed by atoms with Crippen LogP contribution in [0.5, 0.6) is 0 Å². The number of nitrogens with one attached hydrogen (secondary N) is 2. The number of carbonyl (C=O) groups excluding carboxylic acids is 1. The molecule has 1 amide bonds. The second-order valence-electron chi connectivity index (χ2n) is 12.1. The lowest BCUT2D eigenvalue weighted by molar-refractivity contribution is -0.122. The quantitative estimate of drug-likeness (QED) is 0.302. The first-order valence-electron chi connectivity index (χ1n) is 14.2. The van der Waals surface area contributed by atoms with Gasteiger partial charge in [0.1, 0.15) is 11.6 Å². The van der Waals surface area contributed by atoms with E-state index in [4.69, 9.17) is 0 Å². The first kappa shape index (κ1) is 29.8. The smallest absolute Gasteiger partial charge is 0.224 e. The molecule has 1 fully saturated rings. The number of aromatic nitrogens is 1. The highest BCUT2D eigenvalue weighted by Crippen LogP contribution is 2.38. The molecule has 2 unspecified atom stereocenters. The van der Waals surface area contributed by atoms with Gasteiger partial charge in [0.05, 0.1) is 18.6 Å². The molecule has 3 N–H and O–H groups in total. The van der Waals surface area contributed by atoms with Crippen molar-refractivity contribution in [2.24, 2.45) is 0 Å². The van der Waals surface area contributed by atoms with E-state index < -0.39 is 23.8 Å². The third-order valence-corrected chi connectivity index (χ3v) is 7.91. The fourth-order valence-electron chi connectivity index (χ4n) is 5.66. The number of benzene rings is 2. The van der Waals surface area contributed by atoms with Crippen LogP contribution in [0.2, 0.25) is 0 Å². The van der Waals surface area contributed by atoms with Gasteiger partial charge in [0.2, 0.25) is 5.91 Å². The molecule has 0 bridgehead atoms. The molecule has 5 nitrogen and oxygen atoms in total. The zero-order valence-corrected chi connectivity index (χ0v) is 23.7. The predicted molar refractivity (Wildman–Crippen MR) is 154 cm³/mol. The van der Waals surface area contributed by atoms with Crippen molar-refractivity contribution in [3.05, 3.63) is 101 Å².